The fourth-order valence-corrected chi connectivity index (χ4v) is 2.48. The van der Waals surface area contributed by atoms with Crippen LogP contribution < -0.4 is 5.32 Å². The Bertz CT molecular complexity index is 355. The highest BCUT2D eigenvalue weighted by Crippen LogP contribution is 2.23. The van der Waals surface area contributed by atoms with Gasteiger partial charge in [-0.05, 0) is 57.2 Å². The van der Waals surface area contributed by atoms with Gasteiger partial charge < -0.3 is 5.32 Å². The molecule has 0 spiro atoms. The second kappa shape index (κ2) is 6.20. The molecule has 96 valence electrons. The van der Waals surface area contributed by atoms with Crippen LogP contribution in [0.2, 0.25) is 0 Å². The average Bonchev–Trinajstić information content (AvgIpc) is 2.28. The Hall–Kier alpha value is -0.820. The second-order valence-electron chi connectivity index (χ2n) is 5.62. The SMILES string of the molecule is CNC(C)C(Cc1cc(C)ccc1C)C(C)C. The Labute approximate surface area is 107 Å². The fraction of sp³-hybridized carbons (Fsp3) is 0.625. The third-order valence-corrected chi connectivity index (χ3v) is 3.91. The van der Waals surface area contributed by atoms with E-state index in [1.54, 1.807) is 0 Å². The minimum Gasteiger partial charge on any atom is -0.317 e. The largest absolute Gasteiger partial charge is 0.317 e. The molecule has 0 aliphatic rings. The fourth-order valence-electron chi connectivity index (χ4n) is 2.48. The number of hydrogen-bond acceptors (Lipinski definition) is 1. The van der Waals surface area contributed by atoms with Gasteiger partial charge in [0, 0.05) is 6.04 Å². The van der Waals surface area contributed by atoms with Gasteiger partial charge in [-0.2, -0.15) is 0 Å². The van der Waals surface area contributed by atoms with Gasteiger partial charge in [-0.25, -0.2) is 0 Å². The zero-order valence-corrected chi connectivity index (χ0v) is 12.2. The first-order valence-electron chi connectivity index (χ1n) is 6.69. The van der Waals surface area contributed by atoms with E-state index in [-0.39, 0.29) is 0 Å². The normalized spacial score (nSPS) is 15.0. The van der Waals surface area contributed by atoms with Gasteiger partial charge in [0.15, 0.2) is 0 Å². The first-order valence-corrected chi connectivity index (χ1v) is 6.69. The van der Waals surface area contributed by atoms with E-state index in [0.717, 1.165) is 0 Å². The van der Waals surface area contributed by atoms with Gasteiger partial charge in [0.05, 0.1) is 0 Å². The van der Waals surface area contributed by atoms with E-state index in [1.165, 1.54) is 23.1 Å². The van der Waals surface area contributed by atoms with Gasteiger partial charge in [-0.3, -0.25) is 0 Å². The van der Waals surface area contributed by atoms with Crippen LogP contribution in [0.25, 0.3) is 0 Å². The average molecular weight is 233 g/mol. The Kier molecular flexibility index (Phi) is 5.20. The van der Waals surface area contributed by atoms with Gasteiger partial charge in [-0.1, -0.05) is 37.6 Å². The summed E-state index contributed by atoms with van der Waals surface area (Å²) in [5, 5.41) is 3.40. The molecule has 0 saturated carbocycles. The number of hydrogen-bond donors (Lipinski definition) is 1. The number of aryl methyl sites for hydroxylation is 2. The summed E-state index contributed by atoms with van der Waals surface area (Å²) in [6.45, 7) is 11.3. The molecule has 2 unspecified atom stereocenters. The zero-order valence-electron chi connectivity index (χ0n) is 12.2. The van der Waals surface area contributed by atoms with Crippen molar-refractivity contribution in [3.05, 3.63) is 34.9 Å². The minimum atomic E-state index is 0.565. The lowest BCUT2D eigenvalue weighted by molar-refractivity contribution is 0.300. The van der Waals surface area contributed by atoms with Crippen LogP contribution in [0.3, 0.4) is 0 Å². The third kappa shape index (κ3) is 3.85. The van der Waals surface area contributed by atoms with Crippen LogP contribution in [0, 0.1) is 25.7 Å². The summed E-state index contributed by atoms with van der Waals surface area (Å²) in [4.78, 5) is 0. The van der Waals surface area contributed by atoms with Crippen molar-refractivity contribution in [1.29, 1.82) is 0 Å². The van der Waals surface area contributed by atoms with Crippen molar-refractivity contribution in [3.8, 4) is 0 Å². The molecule has 17 heavy (non-hydrogen) atoms. The molecule has 1 heteroatoms. The van der Waals surface area contributed by atoms with E-state index >= 15 is 0 Å². The smallest absolute Gasteiger partial charge is 0.00696 e. The van der Waals surface area contributed by atoms with Gasteiger partial charge in [0.25, 0.3) is 0 Å². The molecular weight excluding hydrogens is 206 g/mol. The molecule has 1 N–H and O–H groups in total. The number of nitrogens with one attached hydrogen (secondary N) is 1. The third-order valence-electron chi connectivity index (χ3n) is 3.91. The molecule has 0 amide bonds. The van der Waals surface area contributed by atoms with E-state index in [9.17, 15) is 0 Å². The summed E-state index contributed by atoms with van der Waals surface area (Å²) in [5.41, 5.74) is 4.29. The lowest BCUT2D eigenvalue weighted by atomic mass is 9.82. The van der Waals surface area contributed by atoms with Crippen LogP contribution in [-0.2, 0) is 6.42 Å². The molecule has 1 rings (SSSR count). The monoisotopic (exact) mass is 233 g/mol. The highest BCUT2D eigenvalue weighted by Gasteiger charge is 2.20. The molecule has 0 radical (unpaired) electrons. The number of benzene rings is 1. The molecule has 2 atom stereocenters. The summed E-state index contributed by atoms with van der Waals surface area (Å²) >= 11 is 0. The van der Waals surface area contributed by atoms with Crippen LogP contribution in [-0.4, -0.2) is 13.1 Å². The minimum absolute atomic E-state index is 0.565. The van der Waals surface area contributed by atoms with E-state index in [4.69, 9.17) is 0 Å². The first-order chi connectivity index (χ1) is 7.95. The van der Waals surface area contributed by atoms with Gasteiger partial charge in [0.2, 0.25) is 0 Å². The van der Waals surface area contributed by atoms with Crippen molar-refractivity contribution in [1.82, 2.24) is 5.32 Å². The van der Waals surface area contributed by atoms with Crippen LogP contribution in [0.4, 0.5) is 0 Å². The Morgan fingerprint density at radius 1 is 1.12 bits per heavy atom. The Balaban J connectivity index is 2.89. The lowest BCUT2D eigenvalue weighted by Crippen LogP contribution is -2.35. The zero-order chi connectivity index (χ0) is 13.0. The molecule has 0 fully saturated rings. The van der Waals surface area contributed by atoms with Crippen molar-refractivity contribution < 1.29 is 0 Å². The topological polar surface area (TPSA) is 12.0 Å². The molecule has 0 aliphatic carbocycles. The van der Waals surface area contributed by atoms with Crippen LogP contribution >= 0.6 is 0 Å². The quantitative estimate of drug-likeness (QED) is 0.817. The van der Waals surface area contributed by atoms with E-state index in [0.29, 0.717) is 17.9 Å². The van der Waals surface area contributed by atoms with Crippen molar-refractivity contribution in [2.45, 2.75) is 47.1 Å². The summed E-state index contributed by atoms with van der Waals surface area (Å²) in [6, 6.07) is 7.35. The second-order valence-corrected chi connectivity index (χ2v) is 5.62. The van der Waals surface area contributed by atoms with Crippen LogP contribution in [0.15, 0.2) is 18.2 Å². The summed E-state index contributed by atoms with van der Waals surface area (Å²) in [7, 11) is 2.06. The van der Waals surface area contributed by atoms with E-state index in [1.807, 2.05) is 0 Å². The predicted molar refractivity (Wildman–Crippen MR) is 76.5 cm³/mol. The van der Waals surface area contributed by atoms with Crippen LogP contribution in [0.5, 0.6) is 0 Å². The standard InChI is InChI=1S/C16H27N/c1-11(2)16(14(5)17-6)10-15-9-12(3)7-8-13(15)4/h7-9,11,14,16-17H,10H2,1-6H3. The highest BCUT2D eigenvalue weighted by molar-refractivity contribution is 5.31. The van der Waals surface area contributed by atoms with Crippen LogP contribution in [0.1, 0.15) is 37.5 Å². The molecule has 0 heterocycles. The van der Waals surface area contributed by atoms with Gasteiger partial charge in [-0.15, -0.1) is 0 Å². The van der Waals surface area contributed by atoms with Crippen molar-refractivity contribution >= 4 is 0 Å². The molecule has 0 saturated heterocycles. The first kappa shape index (κ1) is 14.2. The lowest BCUT2D eigenvalue weighted by Gasteiger charge is -2.28. The molecular formula is C16H27N. The Morgan fingerprint density at radius 3 is 2.29 bits per heavy atom. The predicted octanol–water partition coefficient (Wildman–Crippen LogP) is 3.73. The van der Waals surface area contributed by atoms with Gasteiger partial charge in [0.1, 0.15) is 0 Å². The molecule has 0 aromatic heterocycles. The molecule has 1 aromatic carbocycles. The molecule has 1 nitrogen and oxygen atoms in total. The number of rotatable bonds is 5. The summed E-state index contributed by atoms with van der Waals surface area (Å²) in [5.74, 6) is 1.40. The maximum Gasteiger partial charge on any atom is 0.00696 e. The van der Waals surface area contributed by atoms with Crippen molar-refractivity contribution in [2.24, 2.45) is 11.8 Å². The van der Waals surface area contributed by atoms with Crippen molar-refractivity contribution in [3.63, 3.8) is 0 Å². The molecule has 0 aliphatic heterocycles. The van der Waals surface area contributed by atoms with E-state index < -0.39 is 0 Å². The maximum absolute atomic E-state index is 3.40. The maximum atomic E-state index is 3.40. The highest BCUT2D eigenvalue weighted by atomic mass is 14.9. The van der Waals surface area contributed by atoms with E-state index in [2.05, 4.69) is 65.2 Å². The Morgan fingerprint density at radius 2 is 1.76 bits per heavy atom. The molecule has 0 bridgehead atoms. The van der Waals surface area contributed by atoms with Crippen molar-refractivity contribution in [2.75, 3.05) is 7.05 Å². The summed E-state index contributed by atoms with van der Waals surface area (Å²) in [6.07, 6.45) is 1.17. The van der Waals surface area contributed by atoms with Gasteiger partial charge >= 0.3 is 0 Å². The molecule has 1 aromatic rings. The summed E-state index contributed by atoms with van der Waals surface area (Å²) < 4.78 is 0.